The first-order valence-corrected chi connectivity index (χ1v) is 6.54. The number of nitrogens with zero attached hydrogens (tertiary/aromatic N) is 2. The van der Waals surface area contributed by atoms with E-state index >= 15 is 0 Å². The van der Waals surface area contributed by atoms with Gasteiger partial charge >= 0.3 is 5.69 Å². The minimum absolute atomic E-state index is 0.00768. The van der Waals surface area contributed by atoms with Gasteiger partial charge in [0, 0.05) is 23.3 Å². The second-order valence-electron chi connectivity index (χ2n) is 4.38. The number of nitro groups is 1. The van der Waals surface area contributed by atoms with E-state index in [1.807, 2.05) is 24.3 Å². The van der Waals surface area contributed by atoms with E-state index in [-0.39, 0.29) is 5.69 Å². The van der Waals surface area contributed by atoms with Crippen molar-refractivity contribution in [1.82, 2.24) is 4.98 Å². The van der Waals surface area contributed by atoms with Crippen LogP contribution in [0.3, 0.4) is 0 Å². The van der Waals surface area contributed by atoms with E-state index in [1.165, 1.54) is 6.07 Å². The van der Waals surface area contributed by atoms with Crippen molar-refractivity contribution < 1.29 is 4.92 Å². The summed E-state index contributed by atoms with van der Waals surface area (Å²) in [5.41, 5.74) is 1.84. The second-order valence-corrected chi connectivity index (χ2v) is 4.82. The van der Waals surface area contributed by atoms with Gasteiger partial charge in [0.2, 0.25) is 5.82 Å². The molecule has 104 valence electrons. The van der Waals surface area contributed by atoms with Crippen molar-refractivity contribution >= 4 is 23.1 Å². The first-order valence-electron chi connectivity index (χ1n) is 6.16. The van der Waals surface area contributed by atoms with Crippen LogP contribution in [-0.2, 0) is 6.42 Å². The second kappa shape index (κ2) is 6.34. The van der Waals surface area contributed by atoms with Crippen molar-refractivity contribution in [1.29, 1.82) is 0 Å². The quantitative estimate of drug-likeness (QED) is 0.675. The molecule has 1 aromatic carbocycles. The highest BCUT2D eigenvalue weighted by Gasteiger charge is 2.14. The number of halogens is 1. The molecule has 6 heteroatoms. The summed E-state index contributed by atoms with van der Waals surface area (Å²) in [6.45, 7) is 2.37. The van der Waals surface area contributed by atoms with E-state index in [4.69, 9.17) is 11.6 Å². The molecule has 2 aromatic rings. The largest absolute Gasteiger partial charge is 0.364 e. The molecule has 1 N–H and O–H groups in total. The molecular formula is C14H14ClN3O2. The van der Waals surface area contributed by atoms with Crippen LogP contribution in [0.5, 0.6) is 0 Å². The molecule has 0 aliphatic heterocycles. The lowest BCUT2D eigenvalue weighted by Crippen LogP contribution is -2.09. The van der Waals surface area contributed by atoms with Crippen LogP contribution in [-0.4, -0.2) is 16.5 Å². The number of hydrogen-bond donors (Lipinski definition) is 1. The number of benzene rings is 1. The maximum Gasteiger partial charge on any atom is 0.311 e. The van der Waals surface area contributed by atoms with E-state index < -0.39 is 4.92 Å². The molecule has 0 unspecified atom stereocenters. The summed E-state index contributed by atoms with van der Waals surface area (Å²) in [5, 5.41) is 14.6. The Hall–Kier alpha value is -2.14. The molecule has 0 atom stereocenters. The normalized spacial score (nSPS) is 10.3. The van der Waals surface area contributed by atoms with E-state index in [0.29, 0.717) is 17.4 Å². The van der Waals surface area contributed by atoms with E-state index in [9.17, 15) is 10.1 Å². The van der Waals surface area contributed by atoms with Crippen LogP contribution in [0.15, 0.2) is 36.4 Å². The summed E-state index contributed by atoms with van der Waals surface area (Å²) in [7, 11) is 0. The Balaban J connectivity index is 2.02. The molecule has 0 saturated carbocycles. The van der Waals surface area contributed by atoms with E-state index in [1.54, 1.807) is 13.0 Å². The van der Waals surface area contributed by atoms with Gasteiger partial charge < -0.3 is 5.32 Å². The Labute approximate surface area is 121 Å². The van der Waals surface area contributed by atoms with Crippen molar-refractivity contribution in [3.63, 3.8) is 0 Å². The van der Waals surface area contributed by atoms with Crippen LogP contribution in [0.1, 0.15) is 11.3 Å². The van der Waals surface area contributed by atoms with Gasteiger partial charge in [-0.25, -0.2) is 4.98 Å². The van der Waals surface area contributed by atoms with Crippen molar-refractivity contribution in [3.8, 4) is 0 Å². The van der Waals surface area contributed by atoms with Crippen LogP contribution in [0.2, 0.25) is 5.02 Å². The molecule has 2 rings (SSSR count). The highest BCUT2D eigenvalue weighted by Crippen LogP contribution is 2.21. The van der Waals surface area contributed by atoms with Crippen molar-refractivity contribution in [2.75, 3.05) is 11.9 Å². The predicted octanol–water partition coefficient (Wildman–Crippen LogP) is 3.61. The molecule has 0 spiro atoms. The number of anilines is 1. The van der Waals surface area contributed by atoms with Gasteiger partial charge in [0.05, 0.1) is 4.92 Å². The maximum atomic E-state index is 10.9. The number of aromatic nitrogens is 1. The summed E-state index contributed by atoms with van der Waals surface area (Å²) >= 11 is 5.81. The van der Waals surface area contributed by atoms with Gasteiger partial charge in [-0.3, -0.25) is 10.1 Å². The summed E-state index contributed by atoms with van der Waals surface area (Å²) in [5.74, 6) is 0.309. The van der Waals surface area contributed by atoms with Crippen molar-refractivity contribution in [2.45, 2.75) is 13.3 Å². The summed E-state index contributed by atoms with van der Waals surface area (Å²) in [6, 6.07) is 10.6. The molecule has 0 fully saturated rings. The predicted molar refractivity (Wildman–Crippen MR) is 79.3 cm³/mol. The van der Waals surface area contributed by atoms with Crippen LogP contribution in [0, 0.1) is 17.0 Å². The molecule has 5 nitrogen and oxygen atoms in total. The molecule has 0 amide bonds. The molecule has 0 radical (unpaired) electrons. The Bertz CT molecular complexity index is 614. The molecule has 0 bridgehead atoms. The lowest BCUT2D eigenvalue weighted by atomic mass is 10.1. The fraction of sp³-hybridized carbons (Fsp3) is 0.214. The lowest BCUT2D eigenvalue weighted by Gasteiger charge is -2.07. The number of aryl methyl sites for hydroxylation is 1. The van der Waals surface area contributed by atoms with Gasteiger partial charge in [0.1, 0.15) is 0 Å². The van der Waals surface area contributed by atoms with Gasteiger partial charge in [-0.05, 0) is 37.1 Å². The van der Waals surface area contributed by atoms with Gasteiger partial charge in [-0.2, -0.15) is 0 Å². The fourth-order valence-electron chi connectivity index (χ4n) is 1.80. The van der Waals surface area contributed by atoms with Gasteiger partial charge in [-0.1, -0.05) is 23.7 Å². The molecule has 1 aromatic heterocycles. The molecule has 1 heterocycles. The lowest BCUT2D eigenvalue weighted by molar-refractivity contribution is -0.384. The third-order valence-corrected chi connectivity index (χ3v) is 3.08. The zero-order valence-electron chi connectivity index (χ0n) is 11.0. The van der Waals surface area contributed by atoms with Crippen molar-refractivity contribution in [2.24, 2.45) is 0 Å². The minimum atomic E-state index is -0.433. The zero-order chi connectivity index (χ0) is 14.5. The molecular weight excluding hydrogens is 278 g/mol. The third-order valence-electron chi connectivity index (χ3n) is 2.83. The SMILES string of the molecule is Cc1ccc([N+](=O)[O-])c(NCCc2ccc(Cl)cc2)n1. The first kappa shape index (κ1) is 14.3. The first-order chi connectivity index (χ1) is 9.56. The average Bonchev–Trinajstić information content (AvgIpc) is 2.41. The average molecular weight is 292 g/mol. The Morgan fingerprint density at radius 1 is 1.25 bits per heavy atom. The van der Waals surface area contributed by atoms with Gasteiger partial charge in [0.15, 0.2) is 0 Å². The zero-order valence-corrected chi connectivity index (χ0v) is 11.7. The Morgan fingerprint density at radius 2 is 1.95 bits per heavy atom. The number of pyridine rings is 1. The molecule has 0 saturated heterocycles. The number of nitrogens with one attached hydrogen (secondary N) is 1. The standard InChI is InChI=1S/C14H14ClN3O2/c1-10-2-7-13(18(19)20)14(17-10)16-9-8-11-3-5-12(15)6-4-11/h2-7H,8-9H2,1H3,(H,16,17). The number of hydrogen-bond acceptors (Lipinski definition) is 4. The summed E-state index contributed by atoms with van der Waals surface area (Å²) in [6.07, 6.45) is 0.740. The molecule has 0 aliphatic carbocycles. The topological polar surface area (TPSA) is 68.1 Å². The maximum absolute atomic E-state index is 10.9. The van der Waals surface area contributed by atoms with Gasteiger partial charge in [-0.15, -0.1) is 0 Å². The smallest absolute Gasteiger partial charge is 0.311 e. The third kappa shape index (κ3) is 3.68. The molecule has 20 heavy (non-hydrogen) atoms. The molecule has 0 aliphatic rings. The van der Waals surface area contributed by atoms with Gasteiger partial charge in [0.25, 0.3) is 0 Å². The summed E-state index contributed by atoms with van der Waals surface area (Å²) < 4.78 is 0. The Morgan fingerprint density at radius 3 is 2.60 bits per heavy atom. The highest BCUT2D eigenvalue weighted by molar-refractivity contribution is 6.30. The van der Waals surface area contributed by atoms with E-state index in [0.717, 1.165) is 17.7 Å². The number of rotatable bonds is 5. The minimum Gasteiger partial charge on any atom is -0.364 e. The Kier molecular flexibility index (Phi) is 4.53. The summed E-state index contributed by atoms with van der Waals surface area (Å²) in [4.78, 5) is 14.6. The van der Waals surface area contributed by atoms with Crippen LogP contribution >= 0.6 is 11.6 Å². The van der Waals surface area contributed by atoms with Crippen LogP contribution in [0.4, 0.5) is 11.5 Å². The van der Waals surface area contributed by atoms with E-state index in [2.05, 4.69) is 10.3 Å². The highest BCUT2D eigenvalue weighted by atomic mass is 35.5. The fourth-order valence-corrected chi connectivity index (χ4v) is 1.93. The van der Waals surface area contributed by atoms with Crippen LogP contribution in [0.25, 0.3) is 0 Å². The van der Waals surface area contributed by atoms with Crippen molar-refractivity contribution in [3.05, 3.63) is 62.8 Å². The monoisotopic (exact) mass is 291 g/mol. The van der Waals surface area contributed by atoms with Crippen LogP contribution < -0.4 is 5.32 Å².